The summed E-state index contributed by atoms with van der Waals surface area (Å²) in [5.41, 5.74) is 0. The number of guanidine groups is 1. The highest BCUT2D eigenvalue weighted by atomic mass is 127. The number of nitrogens with one attached hydrogen (secondary N) is 2. The minimum atomic E-state index is -0.209. The molecule has 0 aromatic heterocycles. The van der Waals surface area contributed by atoms with Crippen LogP contribution in [0.1, 0.15) is 40.5 Å². The maximum absolute atomic E-state index is 11.7. The summed E-state index contributed by atoms with van der Waals surface area (Å²) >= 11 is 0. The SMILES string of the molecule is CCNC(=NCCOCC(C)C)NC1CCN(C(=O)OCC)CC1.I. The Morgan fingerprint density at radius 2 is 1.96 bits per heavy atom. The molecule has 8 heteroatoms. The molecule has 25 heavy (non-hydrogen) atoms. The van der Waals surface area contributed by atoms with E-state index in [0.29, 0.717) is 44.8 Å². The summed E-state index contributed by atoms with van der Waals surface area (Å²) in [4.78, 5) is 18.0. The van der Waals surface area contributed by atoms with Gasteiger partial charge in [-0.2, -0.15) is 0 Å². The molecular weight excluding hydrogens is 435 g/mol. The van der Waals surface area contributed by atoms with Crippen molar-refractivity contribution in [2.75, 3.05) is 46.0 Å². The zero-order chi connectivity index (χ0) is 17.8. The molecule has 0 spiro atoms. The Bertz CT molecular complexity index is 386. The lowest BCUT2D eigenvalue weighted by molar-refractivity contribution is 0.0962. The summed E-state index contributed by atoms with van der Waals surface area (Å²) in [7, 11) is 0. The van der Waals surface area contributed by atoms with Crippen molar-refractivity contribution in [3.63, 3.8) is 0 Å². The van der Waals surface area contributed by atoms with Gasteiger partial charge in [0.2, 0.25) is 0 Å². The van der Waals surface area contributed by atoms with Crippen molar-refractivity contribution < 1.29 is 14.3 Å². The third-order valence-electron chi connectivity index (χ3n) is 3.66. The Labute approximate surface area is 169 Å². The molecular formula is C17H35IN4O3. The van der Waals surface area contributed by atoms with Crippen LogP contribution >= 0.6 is 24.0 Å². The van der Waals surface area contributed by atoms with Crippen LogP contribution in [-0.2, 0) is 9.47 Å². The van der Waals surface area contributed by atoms with Crippen molar-refractivity contribution in [3.05, 3.63) is 0 Å². The van der Waals surface area contributed by atoms with E-state index in [1.807, 2.05) is 6.92 Å². The van der Waals surface area contributed by atoms with Crippen LogP contribution in [0, 0.1) is 5.92 Å². The number of ether oxygens (including phenoxy) is 2. The molecule has 2 N–H and O–H groups in total. The first-order valence-corrected chi connectivity index (χ1v) is 9.11. The first kappa shape index (κ1) is 24.2. The third-order valence-corrected chi connectivity index (χ3v) is 3.66. The lowest BCUT2D eigenvalue weighted by atomic mass is 10.1. The van der Waals surface area contributed by atoms with Gasteiger partial charge in [0.1, 0.15) is 0 Å². The number of carbonyl (C=O) groups excluding carboxylic acids is 1. The van der Waals surface area contributed by atoms with E-state index in [0.717, 1.165) is 32.0 Å². The van der Waals surface area contributed by atoms with Crippen molar-refractivity contribution in [2.45, 2.75) is 46.6 Å². The Balaban J connectivity index is 0.00000576. The highest BCUT2D eigenvalue weighted by molar-refractivity contribution is 14.0. The monoisotopic (exact) mass is 470 g/mol. The molecule has 1 fully saturated rings. The van der Waals surface area contributed by atoms with Crippen LogP contribution in [0.3, 0.4) is 0 Å². The van der Waals surface area contributed by atoms with Gasteiger partial charge in [0, 0.05) is 32.3 Å². The minimum absolute atomic E-state index is 0. The highest BCUT2D eigenvalue weighted by Crippen LogP contribution is 2.11. The largest absolute Gasteiger partial charge is 0.450 e. The molecule has 1 rings (SSSR count). The van der Waals surface area contributed by atoms with Crippen molar-refractivity contribution in [1.82, 2.24) is 15.5 Å². The first-order chi connectivity index (χ1) is 11.6. The van der Waals surface area contributed by atoms with Crippen LogP contribution in [0.25, 0.3) is 0 Å². The number of carbonyl (C=O) groups is 1. The molecule has 0 unspecified atom stereocenters. The van der Waals surface area contributed by atoms with Crippen molar-refractivity contribution in [2.24, 2.45) is 10.9 Å². The van der Waals surface area contributed by atoms with E-state index < -0.39 is 0 Å². The highest BCUT2D eigenvalue weighted by Gasteiger charge is 2.23. The molecule has 1 aliphatic heterocycles. The summed E-state index contributed by atoms with van der Waals surface area (Å²) in [5.74, 6) is 1.37. The molecule has 1 heterocycles. The fraction of sp³-hybridized carbons (Fsp3) is 0.882. The number of rotatable bonds is 8. The van der Waals surface area contributed by atoms with Crippen LogP contribution in [0.2, 0.25) is 0 Å². The fourth-order valence-electron chi connectivity index (χ4n) is 2.48. The van der Waals surface area contributed by atoms with E-state index >= 15 is 0 Å². The molecule has 0 aromatic rings. The van der Waals surface area contributed by atoms with Gasteiger partial charge in [-0.15, -0.1) is 24.0 Å². The summed E-state index contributed by atoms with van der Waals surface area (Å²) < 4.78 is 10.6. The lowest BCUT2D eigenvalue weighted by Gasteiger charge is -2.32. The van der Waals surface area contributed by atoms with E-state index in [1.54, 1.807) is 4.90 Å². The molecule has 0 aliphatic carbocycles. The third kappa shape index (κ3) is 10.7. The number of aliphatic imine (C=N–C) groups is 1. The topological polar surface area (TPSA) is 75.2 Å². The number of hydrogen-bond donors (Lipinski definition) is 2. The molecule has 0 atom stereocenters. The summed E-state index contributed by atoms with van der Waals surface area (Å²) in [6.07, 6.45) is 1.58. The van der Waals surface area contributed by atoms with Crippen LogP contribution < -0.4 is 10.6 Å². The number of likely N-dealkylation sites (tertiary alicyclic amines) is 1. The zero-order valence-electron chi connectivity index (χ0n) is 16.0. The average Bonchev–Trinajstić information content (AvgIpc) is 2.55. The maximum Gasteiger partial charge on any atom is 0.409 e. The van der Waals surface area contributed by atoms with Crippen molar-refractivity contribution in [3.8, 4) is 0 Å². The van der Waals surface area contributed by atoms with E-state index in [-0.39, 0.29) is 30.1 Å². The number of amides is 1. The smallest absolute Gasteiger partial charge is 0.409 e. The number of halogens is 1. The van der Waals surface area contributed by atoms with Gasteiger partial charge in [0.25, 0.3) is 0 Å². The maximum atomic E-state index is 11.7. The quantitative estimate of drug-likeness (QED) is 0.247. The van der Waals surface area contributed by atoms with Crippen LogP contribution in [-0.4, -0.2) is 69.0 Å². The van der Waals surface area contributed by atoms with Gasteiger partial charge in [-0.25, -0.2) is 4.79 Å². The zero-order valence-corrected chi connectivity index (χ0v) is 18.4. The van der Waals surface area contributed by atoms with Gasteiger partial charge < -0.3 is 25.0 Å². The molecule has 1 saturated heterocycles. The Morgan fingerprint density at radius 1 is 1.28 bits per heavy atom. The van der Waals surface area contributed by atoms with Gasteiger partial charge in [0.05, 0.1) is 19.8 Å². The van der Waals surface area contributed by atoms with E-state index in [9.17, 15) is 4.79 Å². The molecule has 1 amide bonds. The van der Waals surface area contributed by atoms with Crippen LogP contribution in [0.4, 0.5) is 4.79 Å². The van der Waals surface area contributed by atoms with Gasteiger partial charge >= 0.3 is 6.09 Å². The number of hydrogen-bond acceptors (Lipinski definition) is 4. The predicted octanol–water partition coefficient (Wildman–Crippen LogP) is 2.45. The summed E-state index contributed by atoms with van der Waals surface area (Å²) in [5, 5.41) is 6.71. The van der Waals surface area contributed by atoms with Gasteiger partial charge in [0.15, 0.2) is 5.96 Å². The van der Waals surface area contributed by atoms with Crippen LogP contribution in [0.15, 0.2) is 4.99 Å². The number of nitrogens with zero attached hydrogens (tertiary/aromatic N) is 2. The van der Waals surface area contributed by atoms with Gasteiger partial charge in [-0.05, 0) is 32.6 Å². The molecule has 0 bridgehead atoms. The molecule has 0 saturated carbocycles. The summed E-state index contributed by atoms with van der Waals surface area (Å²) in [6.45, 7) is 12.9. The lowest BCUT2D eigenvalue weighted by Crippen LogP contribution is -2.50. The second-order valence-electron chi connectivity index (χ2n) is 6.33. The Morgan fingerprint density at radius 3 is 2.52 bits per heavy atom. The second kappa shape index (κ2) is 14.4. The molecule has 0 aromatic carbocycles. The first-order valence-electron chi connectivity index (χ1n) is 9.11. The fourth-order valence-corrected chi connectivity index (χ4v) is 2.48. The normalized spacial score (nSPS) is 15.7. The minimum Gasteiger partial charge on any atom is -0.450 e. The van der Waals surface area contributed by atoms with Crippen LogP contribution in [0.5, 0.6) is 0 Å². The Hall–Kier alpha value is -0.770. The predicted molar refractivity (Wildman–Crippen MR) is 112 cm³/mol. The van der Waals surface area contributed by atoms with Gasteiger partial charge in [-0.1, -0.05) is 13.8 Å². The summed E-state index contributed by atoms with van der Waals surface area (Å²) in [6, 6.07) is 0.324. The molecule has 1 aliphatic rings. The van der Waals surface area contributed by atoms with Gasteiger partial charge in [-0.3, -0.25) is 4.99 Å². The Kier molecular flexibility index (Phi) is 14.0. The average molecular weight is 470 g/mol. The number of piperidine rings is 1. The van der Waals surface area contributed by atoms with E-state index in [4.69, 9.17) is 9.47 Å². The standard InChI is InChI=1S/C17H34N4O3.HI/c1-5-18-16(19-9-12-23-13-14(3)4)20-15-7-10-21(11-8-15)17(22)24-6-2;/h14-15H,5-13H2,1-4H3,(H2,18,19,20);1H. The second-order valence-corrected chi connectivity index (χ2v) is 6.33. The molecule has 0 radical (unpaired) electrons. The van der Waals surface area contributed by atoms with Crippen molar-refractivity contribution >= 4 is 36.0 Å². The van der Waals surface area contributed by atoms with Crippen molar-refractivity contribution in [1.29, 1.82) is 0 Å². The molecule has 148 valence electrons. The van der Waals surface area contributed by atoms with E-state index in [1.165, 1.54) is 0 Å². The van der Waals surface area contributed by atoms with E-state index in [2.05, 4.69) is 36.4 Å². The molecule has 7 nitrogen and oxygen atoms in total.